The van der Waals surface area contributed by atoms with Crippen LogP contribution in [0.15, 0.2) is 16.9 Å². The highest BCUT2D eigenvalue weighted by Gasteiger charge is 2.21. The van der Waals surface area contributed by atoms with Gasteiger partial charge in [-0.15, -0.1) is 0 Å². The van der Waals surface area contributed by atoms with E-state index in [1.165, 1.54) is 10.6 Å². The number of aryl methyl sites for hydroxylation is 1. The Morgan fingerprint density at radius 3 is 3.14 bits per heavy atom. The molecule has 1 aliphatic rings. The minimum absolute atomic E-state index is 0.0144. The average molecular weight is 304 g/mol. The smallest absolute Gasteiger partial charge is 0.272 e. The maximum atomic E-state index is 12.0. The highest BCUT2D eigenvalue weighted by Crippen LogP contribution is 2.16. The summed E-state index contributed by atoms with van der Waals surface area (Å²) >= 11 is 0. The van der Waals surface area contributed by atoms with E-state index in [1.807, 2.05) is 13.8 Å². The van der Waals surface area contributed by atoms with E-state index < -0.39 is 0 Å². The molecule has 7 heteroatoms. The highest BCUT2D eigenvalue weighted by molar-refractivity contribution is 5.76. The zero-order valence-corrected chi connectivity index (χ0v) is 12.8. The molecule has 0 bridgehead atoms. The van der Waals surface area contributed by atoms with Gasteiger partial charge in [0.2, 0.25) is 5.91 Å². The number of nitrogens with one attached hydrogen (secondary N) is 2. The van der Waals surface area contributed by atoms with Gasteiger partial charge in [0.25, 0.3) is 5.56 Å². The second-order valence-corrected chi connectivity index (χ2v) is 5.78. The molecule has 0 saturated carbocycles. The van der Waals surface area contributed by atoms with Gasteiger partial charge in [-0.25, -0.2) is 9.50 Å². The molecule has 0 aromatic carbocycles. The molecule has 2 aromatic rings. The van der Waals surface area contributed by atoms with Crippen molar-refractivity contribution in [1.29, 1.82) is 0 Å². The lowest BCUT2D eigenvalue weighted by molar-refractivity contribution is -0.123. The lowest BCUT2D eigenvalue weighted by atomic mass is 10.1. The molecule has 0 aliphatic carbocycles. The number of ether oxygens (including phenoxy) is 1. The van der Waals surface area contributed by atoms with Crippen molar-refractivity contribution in [3.63, 3.8) is 0 Å². The molecule has 7 nitrogen and oxygen atoms in total. The minimum Gasteiger partial charge on any atom is -0.378 e. The highest BCUT2D eigenvalue weighted by atomic mass is 16.5. The van der Waals surface area contributed by atoms with Crippen molar-refractivity contribution in [3.05, 3.63) is 33.9 Å². The van der Waals surface area contributed by atoms with Crippen LogP contribution in [0.5, 0.6) is 0 Å². The van der Waals surface area contributed by atoms with E-state index in [0.717, 1.165) is 25.1 Å². The molecular weight excluding hydrogens is 284 g/mol. The number of rotatable bonds is 4. The third-order valence-electron chi connectivity index (χ3n) is 3.86. The lowest BCUT2D eigenvalue weighted by Crippen LogP contribution is -2.31. The van der Waals surface area contributed by atoms with E-state index in [0.29, 0.717) is 17.8 Å². The van der Waals surface area contributed by atoms with Crippen molar-refractivity contribution in [3.8, 4) is 0 Å². The summed E-state index contributed by atoms with van der Waals surface area (Å²) in [5.41, 5.74) is 1.79. The minimum atomic E-state index is -0.318. The van der Waals surface area contributed by atoms with Gasteiger partial charge in [-0.2, -0.15) is 0 Å². The number of hydrogen-bond acceptors (Lipinski definition) is 4. The quantitative estimate of drug-likeness (QED) is 0.884. The molecule has 0 radical (unpaired) electrons. The molecule has 1 saturated heterocycles. The van der Waals surface area contributed by atoms with E-state index in [-0.39, 0.29) is 23.6 Å². The van der Waals surface area contributed by atoms with Crippen LogP contribution in [0.25, 0.3) is 5.65 Å². The number of carbonyl (C=O) groups is 1. The van der Waals surface area contributed by atoms with Crippen molar-refractivity contribution in [2.45, 2.75) is 45.3 Å². The van der Waals surface area contributed by atoms with Gasteiger partial charge in [-0.3, -0.25) is 14.7 Å². The molecule has 1 fully saturated rings. The average Bonchev–Trinajstić information content (AvgIpc) is 3.07. The van der Waals surface area contributed by atoms with Crippen LogP contribution in [0.2, 0.25) is 0 Å². The summed E-state index contributed by atoms with van der Waals surface area (Å²) in [5.74, 6) is -0.0772. The number of H-pyrrole nitrogens is 1. The van der Waals surface area contributed by atoms with E-state index in [9.17, 15) is 9.59 Å². The fourth-order valence-electron chi connectivity index (χ4n) is 2.74. The van der Waals surface area contributed by atoms with Gasteiger partial charge in [0.1, 0.15) is 0 Å². The van der Waals surface area contributed by atoms with Gasteiger partial charge in [0.15, 0.2) is 5.65 Å². The third-order valence-corrected chi connectivity index (χ3v) is 3.86. The third kappa shape index (κ3) is 3.04. The molecule has 22 heavy (non-hydrogen) atoms. The van der Waals surface area contributed by atoms with Gasteiger partial charge in [0.05, 0.1) is 24.3 Å². The molecular formula is C15H20N4O3. The molecule has 0 unspecified atom stereocenters. The van der Waals surface area contributed by atoms with Gasteiger partial charge in [-0.1, -0.05) is 0 Å². The zero-order valence-electron chi connectivity index (χ0n) is 12.8. The summed E-state index contributed by atoms with van der Waals surface area (Å²) in [6.45, 7) is 4.42. The van der Waals surface area contributed by atoms with E-state index in [2.05, 4.69) is 15.4 Å². The summed E-state index contributed by atoms with van der Waals surface area (Å²) in [6.07, 6.45) is 2.31. The molecule has 1 amide bonds. The van der Waals surface area contributed by atoms with Crippen LogP contribution in [-0.2, 0) is 9.53 Å². The van der Waals surface area contributed by atoms with Crippen molar-refractivity contribution in [2.75, 3.05) is 6.61 Å². The van der Waals surface area contributed by atoms with Crippen LogP contribution >= 0.6 is 0 Å². The first-order valence-electron chi connectivity index (χ1n) is 7.53. The first-order valence-corrected chi connectivity index (χ1v) is 7.53. The van der Waals surface area contributed by atoms with Crippen molar-refractivity contribution in [1.82, 2.24) is 19.9 Å². The Bertz CT molecular complexity index is 743. The van der Waals surface area contributed by atoms with Crippen molar-refractivity contribution in [2.24, 2.45) is 0 Å². The summed E-state index contributed by atoms with van der Waals surface area (Å²) in [7, 11) is 0. The number of hydrogen-bond donors (Lipinski definition) is 2. The Morgan fingerprint density at radius 1 is 1.59 bits per heavy atom. The molecule has 0 spiro atoms. The summed E-state index contributed by atoms with van der Waals surface area (Å²) < 4.78 is 6.85. The second kappa shape index (κ2) is 5.92. The predicted octanol–water partition coefficient (Wildman–Crippen LogP) is 1.08. The van der Waals surface area contributed by atoms with Gasteiger partial charge in [0, 0.05) is 24.4 Å². The Balaban J connectivity index is 1.72. The van der Waals surface area contributed by atoms with Crippen molar-refractivity contribution >= 4 is 11.6 Å². The Kier molecular flexibility index (Phi) is 3.98. The number of carbonyl (C=O) groups excluding carboxylic acids is 1. The number of amides is 1. The van der Waals surface area contributed by atoms with Crippen LogP contribution in [-0.4, -0.2) is 33.2 Å². The van der Waals surface area contributed by atoms with Crippen LogP contribution in [0, 0.1) is 6.92 Å². The first kappa shape index (κ1) is 14.8. The van der Waals surface area contributed by atoms with Crippen LogP contribution in [0.3, 0.4) is 0 Å². The van der Waals surface area contributed by atoms with Gasteiger partial charge >= 0.3 is 0 Å². The second-order valence-electron chi connectivity index (χ2n) is 5.78. The topological polar surface area (TPSA) is 88.5 Å². The molecule has 2 aromatic heterocycles. The van der Waals surface area contributed by atoms with Crippen molar-refractivity contribution < 1.29 is 9.53 Å². The first-order chi connectivity index (χ1) is 10.5. The number of nitrogens with zero attached hydrogens (tertiary/aromatic N) is 2. The lowest BCUT2D eigenvalue weighted by Gasteiger charge is -2.15. The fraction of sp³-hybridized carbons (Fsp3) is 0.533. The summed E-state index contributed by atoms with van der Waals surface area (Å²) in [5, 5.41) is 5.80. The molecule has 3 rings (SSSR count). The standard InChI is InChI=1S/C15H20N4O3/c1-9-6-13-17-12(8-15(21)19(13)18-9)10(2)16-14(20)7-11-4-3-5-22-11/h6,8,10-11,18H,3-5,7H2,1-2H3,(H,16,20)/t10-,11+/m0/s1. The maximum absolute atomic E-state index is 12.0. The Labute approximate surface area is 127 Å². The molecule has 2 N–H and O–H groups in total. The van der Waals surface area contributed by atoms with Crippen LogP contribution in [0.4, 0.5) is 0 Å². The van der Waals surface area contributed by atoms with Crippen LogP contribution in [0.1, 0.15) is 43.6 Å². The van der Waals surface area contributed by atoms with Gasteiger partial charge in [-0.05, 0) is 26.7 Å². The van der Waals surface area contributed by atoms with Crippen LogP contribution < -0.4 is 10.9 Å². The zero-order chi connectivity index (χ0) is 15.7. The normalized spacial score (nSPS) is 19.5. The molecule has 3 heterocycles. The molecule has 2 atom stereocenters. The summed E-state index contributed by atoms with van der Waals surface area (Å²) in [4.78, 5) is 28.5. The SMILES string of the molecule is Cc1cc2nc([C@H](C)NC(=O)C[C@H]3CCCO3)cc(=O)n2[nH]1. The molecule has 1 aliphatic heterocycles. The largest absolute Gasteiger partial charge is 0.378 e. The molecule has 118 valence electrons. The van der Waals surface area contributed by atoms with E-state index in [1.54, 1.807) is 6.07 Å². The Morgan fingerprint density at radius 2 is 2.41 bits per heavy atom. The Hall–Kier alpha value is -2.15. The fourth-order valence-corrected chi connectivity index (χ4v) is 2.74. The predicted molar refractivity (Wildman–Crippen MR) is 80.7 cm³/mol. The van der Waals surface area contributed by atoms with Gasteiger partial charge < -0.3 is 10.1 Å². The number of aromatic amines is 1. The number of aromatic nitrogens is 3. The van der Waals surface area contributed by atoms with E-state index in [4.69, 9.17) is 4.74 Å². The summed E-state index contributed by atoms with van der Waals surface area (Å²) in [6, 6.07) is 2.92. The number of fused-ring (bicyclic) bond motifs is 1. The maximum Gasteiger partial charge on any atom is 0.272 e. The van der Waals surface area contributed by atoms with E-state index >= 15 is 0 Å². The monoisotopic (exact) mass is 304 g/mol.